The molecule has 0 spiro atoms. The molecule has 0 aliphatic heterocycles. The normalized spacial score (nSPS) is 10.5. The van der Waals surface area contributed by atoms with Crippen molar-refractivity contribution in [1.82, 2.24) is 10.6 Å². The maximum absolute atomic E-state index is 11.2. The third-order valence-corrected chi connectivity index (χ3v) is 3.15. The lowest BCUT2D eigenvalue weighted by atomic mass is 9.82. The van der Waals surface area contributed by atoms with E-state index >= 15 is 0 Å². The van der Waals surface area contributed by atoms with Gasteiger partial charge in [0.05, 0.1) is 0 Å². The number of hydrogen-bond donors (Lipinski definition) is 2. The Morgan fingerprint density at radius 2 is 1.35 bits per heavy atom. The number of amides is 2. The van der Waals surface area contributed by atoms with Crippen molar-refractivity contribution < 1.29 is 9.59 Å². The highest BCUT2D eigenvalue weighted by molar-refractivity contribution is 5.87. The molecule has 0 aromatic heterocycles. The molecule has 0 unspecified atom stereocenters. The van der Waals surface area contributed by atoms with Crippen LogP contribution < -0.4 is 10.6 Å². The minimum absolute atomic E-state index is 0.114. The van der Waals surface area contributed by atoms with Gasteiger partial charge in [0.15, 0.2) is 0 Å². The Morgan fingerprint density at radius 1 is 1.00 bits per heavy atom. The van der Waals surface area contributed by atoms with Crippen molar-refractivity contribution in [3.8, 4) is 0 Å². The standard InChI is InChI=1S/C13H22N2O2/c1-5-11(16)14-9-13(7-3,8-4)10-15-12(17)6-2/h5-6H,1-2,7-10H2,3-4H3,(H,14,16)(H,15,17). The predicted octanol–water partition coefficient (Wildman–Crippen LogP) is 1.40. The smallest absolute Gasteiger partial charge is 0.243 e. The molecule has 0 aromatic rings. The average Bonchev–Trinajstić information content (AvgIpc) is 2.38. The van der Waals surface area contributed by atoms with E-state index in [1.807, 2.05) is 13.8 Å². The molecule has 0 aliphatic carbocycles. The van der Waals surface area contributed by atoms with Crippen molar-refractivity contribution >= 4 is 11.8 Å². The predicted molar refractivity (Wildman–Crippen MR) is 69.4 cm³/mol. The van der Waals surface area contributed by atoms with Crippen LogP contribution in [0, 0.1) is 5.41 Å². The van der Waals surface area contributed by atoms with Crippen molar-refractivity contribution in [2.75, 3.05) is 13.1 Å². The molecular weight excluding hydrogens is 216 g/mol. The van der Waals surface area contributed by atoms with Crippen molar-refractivity contribution in [2.24, 2.45) is 5.41 Å². The first kappa shape index (κ1) is 15.4. The lowest BCUT2D eigenvalue weighted by Gasteiger charge is -2.31. The van der Waals surface area contributed by atoms with Gasteiger partial charge in [0.2, 0.25) is 11.8 Å². The lowest BCUT2D eigenvalue weighted by molar-refractivity contribution is -0.117. The highest BCUT2D eigenvalue weighted by atomic mass is 16.2. The van der Waals surface area contributed by atoms with Crippen LogP contribution in [0.4, 0.5) is 0 Å². The lowest BCUT2D eigenvalue weighted by Crippen LogP contribution is -2.44. The van der Waals surface area contributed by atoms with Crippen LogP contribution in [0.2, 0.25) is 0 Å². The van der Waals surface area contributed by atoms with Gasteiger partial charge in [0.1, 0.15) is 0 Å². The second-order valence-electron chi connectivity index (χ2n) is 4.05. The van der Waals surface area contributed by atoms with Gasteiger partial charge in [-0.05, 0) is 25.0 Å². The molecule has 0 atom stereocenters. The molecule has 4 nitrogen and oxygen atoms in total. The second-order valence-corrected chi connectivity index (χ2v) is 4.05. The minimum atomic E-state index is -0.189. The van der Waals surface area contributed by atoms with E-state index in [9.17, 15) is 9.59 Å². The van der Waals surface area contributed by atoms with E-state index < -0.39 is 0 Å². The van der Waals surface area contributed by atoms with Gasteiger partial charge in [-0.25, -0.2) is 0 Å². The molecule has 4 heteroatoms. The van der Waals surface area contributed by atoms with Gasteiger partial charge >= 0.3 is 0 Å². The molecule has 0 saturated carbocycles. The van der Waals surface area contributed by atoms with E-state index in [1.54, 1.807) is 0 Å². The number of rotatable bonds is 8. The molecule has 2 N–H and O–H groups in total. The Balaban J connectivity index is 4.43. The summed E-state index contributed by atoms with van der Waals surface area (Å²) in [4.78, 5) is 22.3. The molecule has 17 heavy (non-hydrogen) atoms. The summed E-state index contributed by atoms with van der Waals surface area (Å²) in [6, 6.07) is 0. The second kappa shape index (κ2) is 7.65. The van der Waals surface area contributed by atoms with E-state index in [4.69, 9.17) is 0 Å². The molecule has 2 amide bonds. The van der Waals surface area contributed by atoms with Gasteiger partial charge in [-0.2, -0.15) is 0 Å². The van der Waals surface area contributed by atoms with Crippen LogP contribution in [0.15, 0.2) is 25.3 Å². The Labute approximate surface area is 103 Å². The molecule has 96 valence electrons. The van der Waals surface area contributed by atoms with Gasteiger partial charge in [-0.3, -0.25) is 9.59 Å². The van der Waals surface area contributed by atoms with Gasteiger partial charge in [0, 0.05) is 18.5 Å². The minimum Gasteiger partial charge on any atom is -0.352 e. The van der Waals surface area contributed by atoms with Crippen molar-refractivity contribution in [1.29, 1.82) is 0 Å². The maximum Gasteiger partial charge on any atom is 0.243 e. The summed E-state index contributed by atoms with van der Waals surface area (Å²) in [7, 11) is 0. The van der Waals surface area contributed by atoms with Gasteiger partial charge < -0.3 is 10.6 Å². The first-order valence-corrected chi connectivity index (χ1v) is 5.84. The summed E-state index contributed by atoms with van der Waals surface area (Å²) in [5, 5.41) is 5.57. The van der Waals surface area contributed by atoms with E-state index in [1.165, 1.54) is 12.2 Å². The van der Waals surface area contributed by atoms with E-state index in [-0.39, 0.29) is 17.2 Å². The number of carbonyl (C=O) groups is 2. The zero-order valence-electron chi connectivity index (χ0n) is 10.7. The SMILES string of the molecule is C=CC(=O)NCC(CC)(CC)CNC(=O)C=C. The van der Waals surface area contributed by atoms with Crippen LogP contribution in [0.25, 0.3) is 0 Å². The fraction of sp³-hybridized carbons (Fsp3) is 0.538. The topological polar surface area (TPSA) is 58.2 Å². The molecule has 0 heterocycles. The monoisotopic (exact) mass is 238 g/mol. The van der Waals surface area contributed by atoms with Gasteiger partial charge in [-0.15, -0.1) is 0 Å². The zero-order chi connectivity index (χ0) is 13.3. The van der Waals surface area contributed by atoms with Crippen LogP contribution in [0.5, 0.6) is 0 Å². The molecule has 0 aliphatic rings. The maximum atomic E-state index is 11.2. The van der Waals surface area contributed by atoms with Gasteiger partial charge in [-0.1, -0.05) is 27.0 Å². The Morgan fingerprint density at radius 3 is 1.59 bits per heavy atom. The summed E-state index contributed by atoms with van der Waals surface area (Å²) >= 11 is 0. The average molecular weight is 238 g/mol. The molecule has 0 radical (unpaired) electrons. The van der Waals surface area contributed by atoms with Crippen LogP contribution in [0.3, 0.4) is 0 Å². The quantitative estimate of drug-likeness (QED) is 0.628. The van der Waals surface area contributed by atoms with E-state index in [0.29, 0.717) is 13.1 Å². The fourth-order valence-corrected chi connectivity index (χ4v) is 1.51. The highest BCUT2D eigenvalue weighted by Gasteiger charge is 2.26. The van der Waals surface area contributed by atoms with Crippen LogP contribution in [-0.4, -0.2) is 24.9 Å². The van der Waals surface area contributed by atoms with Gasteiger partial charge in [0.25, 0.3) is 0 Å². The Bertz CT molecular complexity index is 268. The van der Waals surface area contributed by atoms with E-state index in [2.05, 4.69) is 23.8 Å². The van der Waals surface area contributed by atoms with Crippen molar-refractivity contribution in [2.45, 2.75) is 26.7 Å². The number of hydrogen-bond acceptors (Lipinski definition) is 2. The Kier molecular flexibility index (Phi) is 6.94. The molecule has 0 aromatic carbocycles. The largest absolute Gasteiger partial charge is 0.352 e. The summed E-state index contributed by atoms with van der Waals surface area (Å²) in [6.45, 7) is 12.0. The van der Waals surface area contributed by atoms with Crippen LogP contribution in [0.1, 0.15) is 26.7 Å². The summed E-state index contributed by atoms with van der Waals surface area (Å²) < 4.78 is 0. The number of carbonyl (C=O) groups excluding carboxylic acids is 2. The van der Waals surface area contributed by atoms with Crippen LogP contribution >= 0.6 is 0 Å². The van der Waals surface area contributed by atoms with Crippen LogP contribution in [-0.2, 0) is 9.59 Å². The van der Waals surface area contributed by atoms with Crippen molar-refractivity contribution in [3.05, 3.63) is 25.3 Å². The molecular formula is C13H22N2O2. The zero-order valence-corrected chi connectivity index (χ0v) is 10.7. The first-order chi connectivity index (χ1) is 8.03. The molecule has 0 bridgehead atoms. The molecule has 0 rings (SSSR count). The van der Waals surface area contributed by atoms with Crippen molar-refractivity contribution in [3.63, 3.8) is 0 Å². The summed E-state index contributed by atoms with van der Waals surface area (Å²) in [6.07, 6.45) is 4.24. The third kappa shape index (κ3) is 5.33. The highest BCUT2D eigenvalue weighted by Crippen LogP contribution is 2.24. The molecule has 0 fully saturated rings. The summed E-state index contributed by atoms with van der Waals surface area (Å²) in [5.74, 6) is -0.377. The fourth-order valence-electron chi connectivity index (χ4n) is 1.51. The van der Waals surface area contributed by atoms with E-state index in [0.717, 1.165) is 12.8 Å². The molecule has 0 saturated heterocycles. The number of nitrogens with one attached hydrogen (secondary N) is 2. The Hall–Kier alpha value is -1.58. The first-order valence-electron chi connectivity index (χ1n) is 5.84. The summed E-state index contributed by atoms with van der Waals surface area (Å²) in [5.41, 5.74) is -0.114. The third-order valence-electron chi connectivity index (χ3n) is 3.15.